The number of aryl methyl sites for hydroxylation is 1. The van der Waals surface area contributed by atoms with Crippen LogP contribution in [0.4, 0.5) is 5.69 Å². The average Bonchev–Trinajstić information content (AvgIpc) is 3.40. The zero-order valence-corrected chi connectivity index (χ0v) is 17.7. The molecule has 1 atom stereocenters. The first-order valence-electron chi connectivity index (χ1n) is 10.0. The molecule has 2 aliphatic rings. The van der Waals surface area contributed by atoms with Crippen molar-refractivity contribution in [1.29, 1.82) is 0 Å². The molecule has 0 spiro atoms. The van der Waals surface area contributed by atoms with Crippen LogP contribution in [0.15, 0.2) is 23.4 Å². The number of fused-ring (bicyclic) bond motifs is 1. The summed E-state index contributed by atoms with van der Waals surface area (Å²) in [7, 11) is 0. The van der Waals surface area contributed by atoms with Crippen LogP contribution in [0.3, 0.4) is 0 Å². The van der Waals surface area contributed by atoms with Crippen LogP contribution in [0, 0.1) is 0 Å². The fourth-order valence-corrected chi connectivity index (χ4v) is 4.35. The number of hydrogen-bond donors (Lipinski definition) is 2. The highest BCUT2D eigenvalue weighted by Crippen LogP contribution is 2.29. The number of aromatic nitrogens is 3. The third-order valence-electron chi connectivity index (χ3n) is 5.07. The van der Waals surface area contributed by atoms with Crippen molar-refractivity contribution in [3.05, 3.63) is 29.6 Å². The Morgan fingerprint density at radius 2 is 2.19 bits per heavy atom. The molecule has 0 aliphatic carbocycles. The molecule has 3 N–H and O–H groups in total. The van der Waals surface area contributed by atoms with Crippen LogP contribution in [0.1, 0.15) is 35.4 Å². The standard InChI is InChI=1S/C20H23N5O5S/c21-17(27)5-6-18-23-24-20(25(18)9-13-2-1-7-29-13)31-11-15(26)12-3-4-16-14(8-12)22-19(28)10-30-16/h3-4,8,13H,1-2,5-7,9-11H2,(H2,21,27)(H,22,28)/t13-/m0/s1. The fraction of sp³-hybridized carbons (Fsp3) is 0.450. The molecule has 164 valence electrons. The molecule has 1 aromatic carbocycles. The Kier molecular flexibility index (Phi) is 6.52. The number of nitrogens with one attached hydrogen (secondary N) is 1. The number of primary amides is 1. The Bertz CT molecular complexity index is 1000. The second-order valence-corrected chi connectivity index (χ2v) is 8.31. The first kappa shape index (κ1) is 21.3. The van der Waals surface area contributed by atoms with Crippen LogP contribution < -0.4 is 15.8 Å². The number of carbonyl (C=O) groups is 3. The van der Waals surface area contributed by atoms with Gasteiger partial charge in [0.25, 0.3) is 5.91 Å². The Morgan fingerprint density at radius 3 is 2.97 bits per heavy atom. The maximum atomic E-state index is 12.7. The predicted molar refractivity (Wildman–Crippen MR) is 112 cm³/mol. The first-order valence-corrected chi connectivity index (χ1v) is 11.0. The molecule has 0 unspecified atom stereocenters. The lowest BCUT2D eigenvalue weighted by atomic mass is 10.1. The summed E-state index contributed by atoms with van der Waals surface area (Å²) in [5.41, 5.74) is 6.23. The molecule has 1 saturated heterocycles. The van der Waals surface area contributed by atoms with Crippen molar-refractivity contribution in [2.24, 2.45) is 5.73 Å². The fourth-order valence-electron chi connectivity index (χ4n) is 3.49. The summed E-state index contributed by atoms with van der Waals surface area (Å²) in [6.45, 7) is 1.26. The van der Waals surface area contributed by atoms with Crippen molar-refractivity contribution in [1.82, 2.24) is 14.8 Å². The quantitative estimate of drug-likeness (QED) is 0.433. The third-order valence-corrected chi connectivity index (χ3v) is 6.03. The summed E-state index contributed by atoms with van der Waals surface area (Å²) in [5, 5.41) is 11.7. The van der Waals surface area contributed by atoms with Gasteiger partial charge in [-0.3, -0.25) is 14.4 Å². The van der Waals surface area contributed by atoms with Crippen molar-refractivity contribution in [3.8, 4) is 5.75 Å². The van der Waals surface area contributed by atoms with Crippen LogP contribution in [-0.2, 0) is 27.3 Å². The molecule has 2 aromatic rings. The highest BCUT2D eigenvalue weighted by molar-refractivity contribution is 7.99. The van der Waals surface area contributed by atoms with E-state index in [9.17, 15) is 14.4 Å². The summed E-state index contributed by atoms with van der Waals surface area (Å²) in [4.78, 5) is 35.4. The van der Waals surface area contributed by atoms with Crippen LogP contribution in [0.5, 0.6) is 5.75 Å². The highest BCUT2D eigenvalue weighted by atomic mass is 32.2. The van der Waals surface area contributed by atoms with Crippen molar-refractivity contribution in [2.75, 3.05) is 24.3 Å². The van der Waals surface area contributed by atoms with E-state index < -0.39 is 5.91 Å². The van der Waals surface area contributed by atoms with Gasteiger partial charge in [-0.2, -0.15) is 0 Å². The van der Waals surface area contributed by atoms with Crippen molar-refractivity contribution in [2.45, 2.75) is 43.5 Å². The van der Waals surface area contributed by atoms with Crippen LogP contribution >= 0.6 is 11.8 Å². The zero-order chi connectivity index (χ0) is 21.8. The van der Waals surface area contributed by atoms with Gasteiger partial charge in [-0.1, -0.05) is 11.8 Å². The minimum atomic E-state index is -0.403. The maximum absolute atomic E-state index is 12.7. The van der Waals surface area contributed by atoms with E-state index in [1.165, 1.54) is 11.8 Å². The minimum Gasteiger partial charge on any atom is -0.482 e. The zero-order valence-electron chi connectivity index (χ0n) is 16.8. The van der Waals surface area contributed by atoms with E-state index in [2.05, 4.69) is 15.5 Å². The van der Waals surface area contributed by atoms with E-state index in [4.69, 9.17) is 15.2 Å². The average molecular weight is 446 g/mol. The number of amides is 2. The van der Waals surface area contributed by atoms with Gasteiger partial charge in [0.05, 0.1) is 24.1 Å². The number of ether oxygens (including phenoxy) is 2. The molecular formula is C20H23N5O5S. The minimum absolute atomic E-state index is 0.0331. The van der Waals surface area contributed by atoms with Gasteiger partial charge >= 0.3 is 0 Å². The van der Waals surface area contributed by atoms with Gasteiger partial charge in [0.2, 0.25) is 5.91 Å². The van der Waals surface area contributed by atoms with Gasteiger partial charge in [-0.25, -0.2) is 0 Å². The van der Waals surface area contributed by atoms with E-state index in [0.717, 1.165) is 19.4 Å². The van der Waals surface area contributed by atoms with Gasteiger partial charge in [0, 0.05) is 25.0 Å². The van der Waals surface area contributed by atoms with Crippen LogP contribution in [0.25, 0.3) is 0 Å². The molecule has 31 heavy (non-hydrogen) atoms. The Hall–Kier alpha value is -2.92. The van der Waals surface area contributed by atoms with E-state index in [1.54, 1.807) is 18.2 Å². The number of nitrogens with zero attached hydrogens (tertiary/aromatic N) is 3. The molecule has 1 aromatic heterocycles. The third kappa shape index (κ3) is 5.23. The SMILES string of the molecule is NC(=O)CCc1nnc(SCC(=O)c2ccc3c(c2)NC(=O)CO3)n1C[C@@H]1CCCO1. The van der Waals surface area contributed by atoms with Crippen molar-refractivity contribution in [3.63, 3.8) is 0 Å². The smallest absolute Gasteiger partial charge is 0.262 e. The Balaban J connectivity index is 1.45. The van der Waals surface area contributed by atoms with E-state index >= 15 is 0 Å². The molecule has 10 nitrogen and oxygen atoms in total. The van der Waals surface area contributed by atoms with E-state index in [-0.39, 0.29) is 36.6 Å². The van der Waals surface area contributed by atoms with Crippen LogP contribution in [0.2, 0.25) is 0 Å². The number of carbonyl (C=O) groups excluding carboxylic acids is 3. The lowest BCUT2D eigenvalue weighted by Gasteiger charge is -2.18. The number of rotatable bonds is 9. The van der Waals surface area contributed by atoms with E-state index in [0.29, 0.717) is 40.9 Å². The molecule has 0 saturated carbocycles. The van der Waals surface area contributed by atoms with Gasteiger partial charge in [0.15, 0.2) is 17.5 Å². The van der Waals surface area contributed by atoms with E-state index in [1.807, 2.05) is 4.57 Å². The molecule has 11 heteroatoms. The number of hydrogen-bond acceptors (Lipinski definition) is 8. The number of thioether (sulfide) groups is 1. The summed E-state index contributed by atoms with van der Waals surface area (Å²) < 4.78 is 13.0. The molecule has 2 amide bonds. The number of nitrogens with two attached hydrogens (primary N) is 1. The normalized spacial score (nSPS) is 17.7. The molecule has 4 rings (SSSR count). The topological polar surface area (TPSA) is 138 Å². The molecule has 3 heterocycles. The van der Waals surface area contributed by atoms with Crippen molar-refractivity contribution < 1.29 is 23.9 Å². The first-order chi connectivity index (χ1) is 15.0. The number of Topliss-reactive ketones (excluding diaryl/α,β-unsaturated/α-hetero) is 1. The maximum Gasteiger partial charge on any atom is 0.262 e. The summed E-state index contributed by atoms with van der Waals surface area (Å²) in [6, 6.07) is 4.97. The summed E-state index contributed by atoms with van der Waals surface area (Å²) >= 11 is 1.28. The monoisotopic (exact) mass is 445 g/mol. The summed E-state index contributed by atoms with van der Waals surface area (Å²) in [5.74, 6) is 0.569. The second kappa shape index (κ2) is 9.48. The largest absolute Gasteiger partial charge is 0.482 e. The van der Waals surface area contributed by atoms with Gasteiger partial charge in [-0.15, -0.1) is 10.2 Å². The summed E-state index contributed by atoms with van der Waals surface area (Å²) in [6.07, 6.45) is 2.56. The highest BCUT2D eigenvalue weighted by Gasteiger charge is 2.23. The lowest BCUT2D eigenvalue weighted by Crippen LogP contribution is -2.25. The predicted octanol–water partition coefficient (Wildman–Crippen LogP) is 1.18. The Labute approximate surface area is 182 Å². The van der Waals surface area contributed by atoms with Gasteiger partial charge < -0.3 is 25.1 Å². The number of benzene rings is 1. The molecular weight excluding hydrogens is 422 g/mol. The molecule has 1 fully saturated rings. The number of ketones is 1. The van der Waals surface area contributed by atoms with Gasteiger partial charge in [0.1, 0.15) is 11.6 Å². The van der Waals surface area contributed by atoms with Crippen molar-refractivity contribution >= 4 is 35.0 Å². The molecule has 2 aliphatic heterocycles. The Morgan fingerprint density at radius 1 is 1.32 bits per heavy atom. The van der Waals surface area contributed by atoms with Crippen LogP contribution in [-0.4, -0.2) is 57.4 Å². The molecule has 0 bridgehead atoms. The second-order valence-electron chi connectivity index (χ2n) is 7.37. The van der Waals surface area contributed by atoms with Gasteiger partial charge in [-0.05, 0) is 31.0 Å². The molecule has 0 radical (unpaired) electrons. The number of anilines is 1. The lowest BCUT2D eigenvalue weighted by molar-refractivity contribution is -0.119.